The van der Waals surface area contributed by atoms with Crippen LogP contribution in [0.5, 0.6) is 0 Å². The molecule has 0 saturated heterocycles. The van der Waals surface area contributed by atoms with Gasteiger partial charge in [0, 0.05) is 22.5 Å². The molecule has 0 aliphatic heterocycles. The highest BCUT2D eigenvalue weighted by Crippen LogP contribution is 2.31. The van der Waals surface area contributed by atoms with Crippen LogP contribution in [0.4, 0.5) is 4.39 Å². The van der Waals surface area contributed by atoms with E-state index >= 15 is 0 Å². The van der Waals surface area contributed by atoms with Crippen molar-refractivity contribution >= 4 is 26.8 Å². The zero-order valence-corrected chi connectivity index (χ0v) is 13.9. The summed E-state index contributed by atoms with van der Waals surface area (Å²) >= 11 is 3.60. The van der Waals surface area contributed by atoms with Gasteiger partial charge in [-0.1, -0.05) is 28.1 Å². The fourth-order valence-electron chi connectivity index (χ4n) is 2.53. The first-order valence-corrected chi connectivity index (χ1v) is 7.72. The second-order valence-electron chi connectivity index (χ2n) is 5.24. The smallest absolute Gasteiger partial charge is 0.123 e. The fraction of sp³-hybridized carbons (Fsp3) is 0.167. The normalized spacial score (nSPS) is 11.1. The maximum atomic E-state index is 13.2. The zero-order chi connectivity index (χ0) is 15.7. The van der Waals surface area contributed by atoms with E-state index in [4.69, 9.17) is 9.72 Å². The maximum Gasteiger partial charge on any atom is 0.123 e. The van der Waals surface area contributed by atoms with Gasteiger partial charge in [-0.3, -0.25) is 0 Å². The molecule has 22 heavy (non-hydrogen) atoms. The minimum Gasteiger partial charge on any atom is -0.378 e. The first-order chi connectivity index (χ1) is 10.6. The Morgan fingerprint density at radius 3 is 2.55 bits per heavy atom. The molecule has 2 nitrogen and oxygen atoms in total. The molecule has 0 radical (unpaired) electrons. The molecule has 0 aliphatic carbocycles. The average molecular weight is 360 g/mol. The second kappa shape index (κ2) is 6.15. The van der Waals surface area contributed by atoms with Gasteiger partial charge < -0.3 is 4.74 Å². The van der Waals surface area contributed by atoms with Crippen molar-refractivity contribution in [2.24, 2.45) is 0 Å². The number of ether oxygens (including phenoxy) is 1. The van der Waals surface area contributed by atoms with Crippen LogP contribution in [0.3, 0.4) is 0 Å². The summed E-state index contributed by atoms with van der Waals surface area (Å²) in [6.45, 7) is 2.45. The lowest BCUT2D eigenvalue weighted by atomic mass is 10.0. The van der Waals surface area contributed by atoms with E-state index in [1.165, 1.54) is 12.1 Å². The summed E-state index contributed by atoms with van der Waals surface area (Å²) in [5.74, 6) is -0.248. The molecule has 2 aromatic carbocycles. The van der Waals surface area contributed by atoms with Gasteiger partial charge >= 0.3 is 0 Å². The van der Waals surface area contributed by atoms with Gasteiger partial charge in [-0.15, -0.1) is 0 Å². The van der Waals surface area contributed by atoms with Crippen molar-refractivity contribution in [1.29, 1.82) is 0 Å². The Morgan fingerprint density at radius 2 is 1.86 bits per heavy atom. The molecule has 3 aromatic rings. The van der Waals surface area contributed by atoms with Gasteiger partial charge in [-0.25, -0.2) is 9.37 Å². The van der Waals surface area contributed by atoms with Gasteiger partial charge in [-0.05, 0) is 48.4 Å². The summed E-state index contributed by atoms with van der Waals surface area (Å²) in [5, 5.41) is 1.03. The number of fused-ring (bicyclic) bond motifs is 1. The Kier molecular flexibility index (Phi) is 4.23. The maximum absolute atomic E-state index is 13.2. The van der Waals surface area contributed by atoms with Gasteiger partial charge in [0.2, 0.25) is 0 Å². The van der Waals surface area contributed by atoms with Gasteiger partial charge in [0.1, 0.15) is 5.82 Å². The van der Waals surface area contributed by atoms with Crippen LogP contribution in [-0.2, 0) is 11.3 Å². The highest BCUT2D eigenvalue weighted by molar-refractivity contribution is 9.10. The fourth-order valence-corrected chi connectivity index (χ4v) is 3.21. The van der Waals surface area contributed by atoms with Crippen LogP contribution < -0.4 is 0 Å². The Morgan fingerprint density at radius 1 is 1.14 bits per heavy atom. The van der Waals surface area contributed by atoms with Gasteiger partial charge in [0.15, 0.2) is 0 Å². The van der Waals surface area contributed by atoms with E-state index < -0.39 is 0 Å². The molecule has 0 bridgehead atoms. The molecule has 0 atom stereocenters. The monoisotopic (exact) mass is 359 g/mol. The topological polar surface area (TPSA) is 22.1 Å². The summed E-state index contributed by atoms with van der Waals surface area (Å²) in [7, 11) is 1.65. The van der Waals surface area contributed by atoms with E-state index in [0.717, 1.165) is 37.8 Å². The Balaban J connectivity index is 2.26. The van der Waals surface area contributed by atoms with Crippen LogP contribution in [0.2, 0.25) is 0 Å². The predicted molar refractivity (Wildman–Crippen MR) is 90.3 cm³/mol. The van der Waals surface area contributed by atoms with Crippen molar-refractivity contribution in [1.82, 2.24) is 4.98 Å². The quantitative estimate of drug-likeness (QED) is 0.636. The summed E-state index contributed by atoms with van der Waals surface area (Å²) in [6, 6.07) is 12.6. The number of rotatable bonds is 3. The summed E-state index contributed by atoms with van der Waals surface area (Å²) in [6.07, 6.45) is 0. The van der Waals surface area contributed by atoms with Crippen molar-refractivity contribution in [3.63, 3.8) is 0 Å². The lowest BCUT2D eigenvalue weighted by Gasteiger charge is -2.12. The number of hydrogen-bond donors (Lipinski definition) is 0. The number of methoxy groups -OCH3 is 1. The number of pyridine rings is 1. The van der Waals surface area contributed by atoms with Gasteiger partial charge in [-0.2, -0.15) is 0 Å². The minimum atomic E-state index is -0.248. The number of hydrogen-bond acceptors (Lipinski definition) is 2. The van der Waals surface area contributed by atoms with Gasteiger partial charge in [0.25, 0.3) is 0 Å². The summed E-state index contributed by atoms with van der Waals surface area (Å²) < 4.78 is 19.4. The van der Waals surface area contributed by atoms with Crippen molar-refractivity contribution in [3.05, 3.63) is 64.0 Å². The summed E-state index contributed by atoms with van der Waals surface area (Å²) in [5.41, 5.74) is 4.79. The predicted octanol–water partition coefficient (Wildman–Crippen LogP) is 5.26. The third-order valence-electron chi connectivity index (χ3n) is 3.54. The third kappa shape index (κ3) is 2.89. The molecule has 1 heterocycles. The number of aryl methyl sites for hydroxylation is 1. The zero-order valence-electron chi connectivity index (χ0n) is 12.4. The lowest BCUT2D eigenvalue weighted by molar-refractivity contribution is 0.182. The van der Waals surface area contributed by atoms with Crippen LogP contribution in [0.25, 0.3) is 22.0 Å². The molecular formula is C18H15BrFNO. The molecule has 0 amide bonds. The van der Waals surface area contributed by atoms with Crippen molar-refractivity contribution in [2.75, 3.05) is 7.11 Å². The second-order valence-corrected chi connectivity index (χ2v) is 6.09. The molecule has 1 aromatic heterocycles. The van der Waals surface area contributed by atoms with Crippen LogP contribution >= 0.6 is 15.9 Å². The first kappa shape index (κ1) is 15.1. The molecule has 3 rings (SSSR count). The number of nitrogens with zero attached hydrogens (tertiary/aromatic N) is 1. The Labute approximate surface area is 137 Å². The molecule has 0 saturated carbocycles. The van der Waals surface area contributed by atoms with E-state index in [1.54, 1.807) is 19.2 Å². The molecular weight excluding hydrogens is 345 g/mol. The molecule has 0 fully saturated rings. The van der Waals surface area contributed by atoms with Crippen LogP contribution in [0.1, 0.15) is 11.3 Å². The number of halogens is 2. The van der Waals surface area contributed by atoms with E-state index in [1.807, 2.05) is 13.0 Å². The molecule has 112 valence electrons. The van der Waals surface area contributed by atoms with Gasteiger partial charge in [0.05, 0.1) is 17.8 Å². The van der Waals surface area contributed by atoms with Crippen molar-refractivity contribution in [2.45, 2.75) is 13.5 Å². The van der Waals surface area contributed by atoms with Crippen LogP contribution in [-0.4, -0.2) is 12.1 Å². The summed E-state index contributed by atoms with van der Waals surface area (Å²) in [4.78, 5) is 4.74. The third-order valence-corrected chi connectivity index (χ3v) is 4.20. The van der Waals surface area contributed by atoms with E-state index in [9.17, 15) is 4.39 Å². The van der Waals surface area contributed by atoms with E-state index in [0.29, 0.717) is 6.61 Å². The SMILES string of the molecule is COCc1nc2cc(C)cc(Br)c2cc1-c1ccc(F)cc1. The average Bonchev–Trinajstić information content (AvgIpc) is 2.48. The molecule has 0 spiro atoms. The van der Waals surface area contributed by atoms with Crippen LogP contribution in [0.15, 0.2) is 46.9 Å². The number of aromatic nitrogens is 1. The Hall–Kier alpha value is -1.78. The minimum absolute atomic E-state index is 0.248. The molecule has 0 N–H and O–H groups in total. The lowest BCUT2D eigenvalue weighted by Crippen LogP contribution is -1.98. The highest BCUT2D eigenvalue weighted by atomic mass is 79.9. The number of benzene rings is 2. The molecule has 0 aliphatic rings. The first-order valence-electron chi connectivity index (χ1n) is 6.93. The Bertz CT molecular complexity index is 831. The molecule has 4 heteroatoms. The van der Waals surface area contributed by atoms with Crippen LogP contribution in [0, 0.1) is 12.7 Å². The van der Waals surface area contributed by atoms with Crippen molar-refractivity contribution < 1.29 is 9.13 Å². The largest absolute Gasteiger partial charge is 0.378 e. The van der Waals surface area contributed by atoms with E-state index in [-0.39, 0.29) is 5.82 Å². The van der Waals surface area contributed by atoms with Crippen molar-refractivity contribution in [3.8, 4) is 11.1 Å². The molecule has 0 unspecified atom stereocenters. The standard InChI is InChI=1S/C18H15BrFNO/c1-11-7-16(19)15-9-14(12-3-5-13(20)6-4-12)18(10-22-2)21-17(15)8-11/h3-9H,10H2,1-2H3. The highest BCUT2D eigenvalue weighted by Gasteiger charge is 2.11. The van der Waals surface area contributed by atoms with E-state index in [2.05, 4.69) is 28.1 Å².